The molecule has 0 atom stereocenters. The van der Waals surface area contributed by atoms with Crippen LogP contribution in [0.2, 0.25) is 0 Å². The minimum Gasteiger partial charge on any atom is -0.496 e. The summed E-state index contributed by atoms with van der Waals surface area (Å²) in [7, 11) is 2.99. The van der Waals surface area contributed by atoms with Crippen molar-refractivity contribution in [2.24, 2.45) is 0 Å². The van der Waals surface area contributed by atoms with Gasteiger partial charge in [0.15, 0.2) is 0 Å². The molecule has 0 unspecified atom stereocenters. The van der Waals surface area contributed by atoms with Crippen LogP contribution >= 0.6 is 0 Å². The number of anilines is 2. The Bertz CT molecular complexity index is 589. The fraction of sp³-hybridized carbons (Fsp3) is 0.143. The molecule has 1 aromatic heterocycles. The van der Waals surface area contributed by atoms with E-state index >= 15 is 0 Å². The fourth-order valence-corrected chi connectivity index (χ4v) is 1.75. The maximum Gasteiger partial charge on any atom is 0.263 e. The molecule has 2 rings (SSSR count). The van der Waals surface area contributed by atoms with Crippen molar-refractivity contribution in [1.29, 1.82) is 0 Å². The predicted octanol–water partition coefficient (Wildman–Crippen LogP) is 1.93. The number of rotatable bonds is 4. The van der Waals surface area contributed by atoms with Crippen LogP contribution in [0.25, 0.3) is 0 Å². The Balaban J connectivity index is 2.31. The number of carbonyl (C=O) groups is 1. The first-order chi connectivity index (χ1) is 9.65. The zero-order valence-corrected chi connectivity index (χ0v) is 11.2. The summed E-state index contributed by atoms with van der Waals surface area (Å²) in [5.41, 5.74) is 6.36. The molecule has 3 N–H and O–H groups in total. The van der Waals surface area contributed by atoms with Gasteiger partial charge in [-0.1, -0.05) is 6.07 Å². The smallest absolute Gasteiger partial charge is 0.263 e. The summed E-state index contributed by atoms with van der Waals surface area (Å²) in [6.07, 6.45) is 1.48. The van der Waals surface area contributed by atoms with Gasteiger partial charge in [0.2, 0.25) is 0 Å². The van der Waals surface area contributed by atoms with Crippen molar-refractivity contribution in [2.45, 2.75) is 0 Å². The lowest BCUT2D eigenvalue weighted by Crippen LogP contribution is -2.14. The van der Waals surface area contributed by atoms with E-state index in [1.165, 1.54) is 20.4 Å². The number of pyridine rings is 1. The molecule has 6 nitrogen and oxygen atoms in total. The summed E-state index contributed by atoms with van der Waals surface area (Å²) in [6.45, 7) is 0. The van der Waals surface area contributed by atoms with Crippen molar-refractivity contribution in [3.63, 3.8) is 0 Å². The van der Waals surface area contributed by atoms with E-state index in [9.17, 15) is 4.79 Å². The summed E-state index contributed by atoms with van der Waals surface area (Å²) in [5.74, 6) is 0.916. The van der Waals surface area contributed by atoms with Gasteiger partial charge in [-0.25, -0.2) is 4.98 Å². The average molecular weight is 273 g/mol. The second kappa shape index (κ2) is 5.92. The van der Waals surface area contributed by atoms with Crippen LogP contribution in [0.1, 0.15) is 10.4 Å². The molecule has 1 heterocycles. The SMILES string of the molecule is COc1cccc(OC)c1C(=O)Nc1ccc(N)nc1. The van der Waals surface area contributed by atoms with Gasteiger partial charge in [0.1, 0.15) is 22.9 Å². The van der Waals surface area contributed by atoms with Crippen molar-refractivity contribution < 1.29 is 14.3 Å². The molecule has 0 radical (unpaired) electrons. The molecule has 0 saturated carbocycles. The van der Waals surface area contributed by atoms with E-state index in [-0.39, 0.29) is 5.91 Å². The Morgan fingerprint density at radius 2 is 1.80 bits per heavy atom. The van der Waals surface area contributed by atoms with Crippen LogP contribution in [0.15, 0.2) is 36.5 Å². The Morgan fingerprint density at radius 3 is 2.30 bits per heavy atom. The molecule has 2 aromatic rings. The van der Waals surface area contributed by atoms with Crippen LogP contribution < -0.4 is 20.5 Å². The molecule has 1 aromatic carbocycles. The standard InChI is InChI=1S/C14H15N3O3/c1-19-10-4-3-5-11(20-2)13(10)14(18)17-9-6-7-12(15)16-8-9/h3-8H,1-2H3,(H2,15,16)(H,17,18). The van der Waals surface area contributed by atoms with Gasteiger partial charge in [-0.05, 0) is 24.3 Å². The zero-order chi connectivity index (χ0) is 14.5. The molecule has 1 amide bonds. The maximum atomic E-state index is 12.3. The van der Waals surface area contributed by atoms with Crippen molar-refractivity contribution >= 4 is 17.4 Å². The van der Waals surface area contributed by atoms with Gasteiger partial charge < -0.3 is 20.5 Å². The number of nitrogens with two attached hydrogens (primary N) is 1. The van der Waals surface area contributed by atoms with E-state index in [1.807, 2.05) is 0 Å². The van der Waals surface area contributed by atoms with Crippen LogP contribution in [0.4, 0.5) is 11.5 Å². The topological polar surface area (TPSA) is 86.5 Å². The van der Waals surface area contributed by atoms with Crippen LogP contribution in [0.5, 0.6) is 11.5 Å². The number of benzene rings is 1. The first-order valence-corrected chi connectivity index (χ1v) is 5.89. The van der Waals surface area contributed by atoms with Gasteiger partial charge >= 0.3 is 0 Å². The third-order valence-electron chi connectivity index (χ3n) is 2.70. The molecule has 0 bridgehead atoms. The number of nitrogens with zero attached hydrogens (tertiary/aromatic N) is 1. The molecule has 0 aliphatic rings. The Kier molecular flexibility index (Phi) is 4.05. The number of ether oxygens (including phenoxy) is 2. The van der Waals surface area contributed by atoms with E-state index in [4.69, 9.17) is 15.2 Å². The van der Waals surface area contributed by atoms with Gasteiger partial charge in [0, 0.05) is 0 Å². The van der Waals surface area contributed by atoms with Crippen molar-refractivity contribution in [3.05, 3.63) is 42.1 Å². The highest BCUT2D eigenvalue weighted by atomic mass is 16.5. The highest BCUT2D eigenvalue weighted by Gasteiger charge is 2.18. The lowest BCUT2D eigenvalue weighted by atomic mass is 10.1. The van der Waals surface area contributed by atoms with E-state index in [1.54, 1.807) is 30.3 Å². The first-order valence-electron chi connectivity index (χ1n) is 5.89. The quantitative estimate of drug-likeness (QED) is 0.889. The third-order valence-corrected chi connectivity index (χ3v) is 2.70. The number of nitrogen functional groups attached to an aromatic ring is 1. The monoisotopic (exact) mass is 273 g/mol. The largest absolute Gasteiger partial charge is 0.496 e. The van der Waals surface area contributed by atoms with E-state index in [0.717, 1.165) is 0 Å². The number of hydrogen-bond acceptors (Lipinski definition) is 5. The lowest BCUT2D eigenvalue weighted by Gasteiger charge is -2.12. The lowest BCUT2D eigenvalue weighted by molar-refractivity contribution is 0.102. The van der Waals surface area contributed by atoms with Crippen LogP contribution in [0.3, 0.4) is 0 Å². The van der Waals surface area contributed by atoms with E-state index in [0.29, 0.717) is 28.6 Å². The van der Waals surface area contributed by atoms with Crippen LogP contribution in [-0.4, -0.2) is 25.1 Å². The fourth-order valence-electron chi connectivity index (χ4n) is 1.75. The predicted molar refractivity (Wildman–Crippen MR) is 76.1 cm³/mol. The molecule has 0 saturated heterocycles. The third kappa shape index (κ3) is 2.80. The molecule has 0 aliphatic heterocycles. The minimum absolute atomic E-state index is 0.328. The average Bonchev–Trinajstić information content (AvgIpc) is 2.48. The number of methoxy groups -OCH3 is 2. The van der Waals surface area contributed by atoms with Gasteiger partial charge in [-0.2, -0.15) is 0 Å². The highest BCUT2D eigenvalue weighted by Crippen LogP contribution is 2.28. The molecule has 0 aliphatic carbocycles. The molecular weight excluding hydrogens is 258 g/mol. The van der Waals surface area contributed by atoms with Crippen molar-refractivity contribution in [2.75, 3.05) is 25.3 Å². The van der Waals surface area contributed by atoms with Crippen molar-refractivity contribution in [1.82, 2.24) is 4.98 Å². The summed E-state index contributed by atoms with van der Waals surface area (Å²) >= 11 is 0. The van der Waals surface area contributed by atoms with E-state index in [2.05, 4.69) is 10.3 Å². The molecule has 20 heavy (non-hydrogen) atoms. The van der Waals surface area contributed by atoms with Gasteiger partial charge in [0.25, 0.3) is 5.91 Å². The van der Waals surface area contributed by atoms with Gasteiger partial charge in [-0.15, -0.1) is 0 Å². The first kappa shape index (κ1) is 13.7. The minimum atomic E-state index is -0.342. The normalized spacial score (nSPS) is 9.90. The summed E-state index contributed by atoms with van der Waals surface area (Å²) in [5, 5.41) is 2.72. The summed E-state index contributed by atoms with van der Waals surface area (Å²) in [6, 6.07) is 8.41. The molecular formula is C14H15N3O3. The zero-order valence-electron chi connectivity index (χ0n) is 11.2. The van der Waals surface area contributed by atoms with E-state index < -0.39 is 0 Å². The molecule has 6 heteroatoms. The molecule has 0 spiro atoms. The van der Waals surface area contributed by atoms with Crippen LogP contribution in [0, 0.1) is 0 Å². The number of nitrogens with one attached hydrogen (secondary N) is 1. The number of aromatic nitrogens is 1. The Morgan fingerprint density at radius 1 is 1.15 bits per heavy atom. The van der Waals surface area contributed by atoms with Crippen LogP contribution in [-0.2, 0) is 0 Å². The second-order valence-corrected chi connectivity index (χ2v) is 3.96. The molecule has 104 valence electrons. The summed E-state index contributed by atoms with van der Waals surface area (Å²) in [4.78, 5) is 16.2. The molecule has 0 fully saturated rings. The second-order valence-electron chi connectivity index (χ2n) is 3.96. The summed E-state index contributed by atoms with van der Waals surface area (Å²) < 4.78 is 10.4. The number of hydrogen-bond donors (Lipinski definition) is 2. The number of carbonyl (C=O) groups excluding carboxylic acids is 1. The Hall–Kier alpha value is -2.76. The number of amides is 1. The maximum absolute atomic E-state index is 12.3. The van der Waals surface area contributed by atoms with Crippen molar-refractivity contribution in [3.8, 4) is 11.5 Å². The van der Waals surface area contributed by atoms with Gasteiger partial charge in [0.05, 0.1) is 26.1 Å². The van der Waals surface area contributed by atoms with Gasteiger partial charge in [-0.3, -0.25) is 4.79 Å². The Labute approximate surface area is 116 Å². The highest BCUT2D eigenvalue weighted by molar-refractivity contribution is 6.08.